The number of aromatic nitrogens is 1. The van der Waals surface area contributed by atoms with Crippen LogP contribution in [0.2, 0.25) is 0 Å². The van der Waals surface area contributed by atoms with Gasteiger partial charge in [-0.25, -0.2) is 0 Å². The van der Waals surface area contributed by atoms with Crippen LogP contribution >= 0.6 is 15.9 Å². The molecule has 0 saturated heterocycles. The van der Waals surface area contributed by atoms with Gasteiger partial charge in [0, 0.05) is 41.4 Å². The Balaban J connectivity index is 2.03. The Morgan fingerprint density at radius 1 is 0.943 bits per heavy atom. The zero-order chi connectivity index (χ0) is 25.5. The molecule has 1 heterocycles. The summed E-state index contributed by atoms with van der Waals surface area (Å²) in [5, 5.41) is 0.675. The number of esters is 3. The summed E-state index contributed by atoms with van der Waals surface area (Å²) in [7, 11) is 3.83. The van der Waals surface area contributed by atoms with Gasteiger partial charge in [-0.15, -0.1) is 0 Å². The van der Waals surface area contributed by atoms with Crippen molar-refractivity contribution in [3.05, 3.63) is 64.3 Å². The highest BCUT2D eigenvalue weighted by Gasteiger charge is 2.44. The zero-order valence-corrected chi connectivity index (χ0v) is 21.8. The average molecular weight is 545 g/mol. The molecular weight excluding hydrogens is 516 g/mol. The molecule has 3 rings (SSSR count). The number of anilines is 1. The fourth-order valence-electron chi connectivity index (χ4n) is 3.82. The van der Waals surface area contributed by atoms with Crippen LogP contribution in [0.3, 0.4) is 0 Å². The van der Waals surface area contributed by atoms with Crippen LogP contribution in [0.5, 0.6) is 0 Å². The Bertz CT molecular complexity index is 1190. The molecule has 0 aliphatic rings. The van der Waals surface area contributed by atoms with Gasteiger partial charge in [0.25, 0.3) is 0 Å². The van der Waals surface area contributed by atoms with Gasteiger partial charge in [-0.05, 0) is 55.3 Å². The van der Waals surface area contributed by atoms with E-state index in [4.69, 9.17) is 14.2 Å². The molecule has 0 saturated carbocycles. The van der Waals surface area contributed by atoms with Gasteiger partial charge in [-0.1, -0.05) is 28.1 Å². The highest BCUT2D eigenvalue weighted by Crippen LogP contribution is 2.35. The number of nitrogens with zero attached hydrogens (tertiary/aromatic N) is 1. The normalized spacial score (nSPS) is 11.8. The summed E-state index contributed by atoms with van der Waals surface area (Å²) < 4.78 is 16.8. The number of aromatic amines is 1. The summed E-state index contributed by atoms with van der Waals surface area (Å²) >= 11 is 3.44. The van der Waals surface area contributed by atoms with E-state index < -0.39 is 29.7 Å². The first-order valence-electron chi connectivity index (χ1n) is 11.3. The summed E-state index contributed by atoms with van der Waals surface area (Å²) in [4.78, 5) is 44.5. The lowest BCUT2D eigenvalue weighted by molar-refractivity contribution is -0.168. The van der Waals surface area contributed by atoms with Gasteiger partial charge >= 0.3 is 17.9 Å². The lowest BCUT2D eigenvalue weighted by Gasteiger charge is -2.23. The number of halogens is 1. The minimum atomic E-state index is -1.52. The average Bonchev–Trinajstić information content (AvgIpc) is 3.23. The molecule has 9 heteroatoms. The van der Waals surface area contributed by atoms with Crippen molar-refractivity contribution in [1.29, 1.82) is 0 Å². The van der Waals surface area contributed by atoms with Crippen LogP contribution in [0.15, 0.2) is 53.1 Å². The fourth-order valence-corrected chi connectivity index (χ4v) is 4.18. The van der Waals surface area contributed by atoms with Crippen LogP contribution in [-0.4, -0.2) is 50.2 Å². The van der Waals surface area contributed by atoms with Gasteiger partial charge in [0.05, 0.1) is 13.2 Å². The first-order chi connectivity index (χ1) is 16.8. The number of ether oxygens (including phenoxy) is 3. The molecule has 0 aliphatic carbocycles. The van der Waals surface area contributed by atoms with E-state index in [1.54, 1.807) is 20.0 Å². The van der Waals surface area contributed by atoms with Crippen LogP contribution < -0.4 is 4.90 Å². The molecule has 0 spiro atoms. The molecule has 3 aromatic rings. The largest absolute Gasteiger partial charge is 0.465 e. The standard InChI is InChI=1S/C26H29BrN2O6/c1-5-33-25(31)23(26(32)34-6-2)22(20-14-28-21-11-10-17(27)13-19(20)21)24(30)35-15-16-8-7-9-18(12-16)29(3)4/h7-14,22-23,28H,5-6,15H2,1-4H3/t22-/m0/s1. The minimum absolute atomic E-state index is 0.0264. The molecule has 0 bridgehead atoms. The van der Waals surface area contributed by atoms with Crippen LogP contribution in [0, 0.1) is 5.92 Å². The van der Waals surface area contributed by atoms with E-state index in [-0.39, 0.29) is 19.8 Å². The smallest absolute Gasteiger partial charge is 0.321 e. The van der Waals surface area contributed by atoms with E-state index in [0.717, 1.165) is 21.2 Å². The molecule has 0 aliphatic heterocycles. The molecule has 0 fully saturated rings. The molecule has 35 heavy (non-hydrogen) atoms. The second kappa shape index (κ2) is 11.9. The quantitative estimate of drug-likeness (QED) is 0.227. The second-order valence-corrected chi connectivity index (χ2v) is 8.98. The maximum Gasteiger partial charge on any atom is 0.321 e. The number of carbonyl (C=O) groups is 3. The number of hydrogen-bond acceptors (Lipinski definition) is 7. The predicted octanol–water partition coefficient (Wildman–Crippen LogP) is 4.57. The number of fused-ring (bicyclic) bond motifs is 1. The van der Waals surface area contributed by atoms with Gasteiger partial charge < -0.3 is 24.1 Å². The molecule has 1 aromatic heterocycles. The van der Waals surface area contributed by atoms with Crippen molar-refractivity contribution in [1.82, 2.24) is 4.98 Å². The Morgan fingerprint density at radius 3 is 2.26 bits per heavy atom. The van der Waals surface area contributed by atoms with E-state index in [2.05, 4.69) is 20.9 Å². The first-order valence-corrected chi connectivity index (χ1v) is 12.1. The molecule has 186 valence electrons. The van der Waals surface area contributed by atoms with Crippen LogP contribution in [-0.2, 0) is 35.2 Å². The number of benzene rings is 2. The molecular formula is C26H29BrN2O6. The maximum atomic E-state index is 13.5. The highest BCUT2D eigenvalue weighted by molar-refractivity contribution is 9.10. The van der Waals surface area contributed by atoms with Crippen molar-refractivity contribution in [2.24, 2.45) is 5.92 Å². The number of nitrogens with one attached hydrogen (secondary N) is 1. The molecule has 0 amide bonds. The van der Waals surface area contributed by atoms with Gasteiger partial charge in [-0.2, -0.15) is 0 Å². The summed E-state index contributed by atoms with van der Waals surface area (Å²) in [6, 6.07) is 13.0. The molecule has 1 N–H and O–H groups in total. The fraction of sp³-hybridized carbons (Fsp3) is 0.346. The van der Waals surface area contributed by atoms with Crippen molar-refractivity contribution < 1.29 is 28.6 Å². The van der Waals surface area contributed by atoms with Gasteiger partial charge in [0.1, 0.15) is 12.5 Å². The molecule has 0 unspecified atom stereocenters. The van der Waals surface area contributed by atoms with Crippen LogP contribution in [0.4, 0.5) is 5.69 Å². The number of hydrogen-bond donors (Lipinski definition) is 1. The zero-order valence-electron chi connectivity index (χ0n) is 20.2. The van der Waals surface area contributed by atoms with Crippen LogP contribution in [0.1, 0.15) is 30.9 Å². The highest BCUT2D eigenvalue weighted by atomic mass is 79.9. The van der Waals surface area contributed by atoms with E-state index in [1.807, 2.05) is 61.5 Å². The number of carbonyl (C=O) groups excluding carboxylic acids is 3. The third-order valence-corrected chi connectivity index (χ3v) is 5.98. The molecule has 1 atom stereocenters. The second-order valence-electron chi connectivity index (χ2n) is 8.07. The summed E-state index contributed by atoms with van der Waals surface area (Å²) in [5.41, 5.74) is 2.91. The Labute approximate surface area is 212 Å². The van der Waals surface area contributed by atoms with Crippen molar-refractivity contribution in [3.8, 4) is 0 Å². The summed E-state index contributed by atoms with van der Waals surface area (Å²) in [6.07, 6.45) is 1.61. The van der Waals surface area contributed by atoms with Crippen molar-refractivity contribution >= 4 is 50.4 Å². The SMILES string of the molecule is CCOC(=O)C(C(=O)OCC)[C@@H](C(=O)OCc1cccc(N(C)C)c1)c1c[nH]c2ccc(Br)cc12. The van der Waals surface area contributed by atoms with Crippen molar-refractivity contribution in [3.63, 3.8) is 0 Å². The van der Waals surface area contributed by atoms with Gasteiger partial charge in [-0.3, -0.25) is 14.4 Å². The summed E-state index contributed by atoms with van der Waals surface area (Å²) in [6.45, 7) is 3.34. The van der Waals surface area contributed by atoms with E-state index >= 15 is 0 Å². The van der Waals surface area contributed by atoms with E-state index in [0.29, 0.717) is 10.9 Å². The Hall–Kier alpha value is -3.33. The van der Waals surface area contributed by atoms with Crippen LogP contribution in [0.25, 0.3) is 10.9 Å². The number of H-pyrrole nitrogens is 1. The first kappa shape index (κ1) is 26.3. The van der Waals surface area contributed by atoms with E-state index in [9.17, 15) is 14.4 Å². The third kappa shape index (κ3) is 6.22. The summed E-state index contributed by atoms with van der Waals surface area (Å²) in [5.74, 6) is -5.20. The molecule has 2 aromatic carbocycles. The molecule has 0 radical (unpaired) electrons. The number of rotatable bonds is 10. The maximum absolute atomic E-state index is 13.5. The van der Waals surface area contributed by atoms with E-state index in [1.165, 1.54) is 0 Å². The molecule has 8 nitrogen and oxygen atoms in total. The lowest BCUT2D eigenvalue weighted by Crippen LogP contribution is -2.37. The van der Waals surface area contributed by atoms with Gasteiger partial charge in [0.2, 0.25) is 0 Å². The topological polar surface area (TPSA) is 97.9 Å². The predicted molar refractivity (Wildman–Crippen MR) is 136 cm³/mol. The Kier molecular flexibility index (Phi) is 8.92. The monoisotopic (exact) mass is 544 g/mol. The van der Waals surface area contributed by atoms with Gasteiger partial charge in [0.15, 0.2) is 5.92 Å². The third-order valence-electron chi connectivity index (χ3n) is 5.49. The Morgan fingerprint density at radius 2 is 1.63 bits per heavy atom. The van der Waals surface area contributed by atoms with Crippen molar-refractivity contribution in [2.75, 3.05) is 32.2 Å². The minimum Gasteiger partial charge on any atom is -0.465 e. The van der Waals surface area contributed by atoms with Crippen molar-refractivity contribution in [2.45, 2.75) is 26.4 Å². The lowest BCUT2D eigenvalue weighted by atomic mass is 9.85.